The Kier molecular flexibility index (Phi) is 3.78. The van der Waals surface area contributed by atoms with Crippen LogP contribution in [0.4, 0.5) is 0 Å². The van der Waals surface area contributed by atoms with E-state index in [9.17, 15) is 0 Å². The highest BCUT2D eigenvalue weighted by atomic mass is 15.1. The summed E-state index contributed by atoms with van der Waals surface area (Å²) in [5.74, 6) is 0. The van der Waals surface area contributed by atoms with Crippen LogP contribution in [0, 0.1) is 6.92 Å². The van der Waals surface area contributed by atoms with Gasteiger partial charge in [-0.3, -0.25) is 4.98 Å². The van der Waals surface area contributed by atoms with Crippen LogP contribution in [0.25, 0.3) is 11.8 Å². The van der Waals surface area contributed by atoms with Gasteiger partial charge in [-0.15, -0.1) is 0 Å². The van der Waals surface area contributed by atoms with Crippen LogP contribution in [0.1, 0.15) is 16.8 Å². The van der Waals surface area contributed by atoms with E-state index in [1.54, 1.807) is 0 Å². The van der Waals surface area contributed by atoms with Crippen molar-refractivity contribution in [3.8, 4) is 0 Å². The normalized spacial score (nSPS) is 11.4. The van der Waals surface area contributed by atoms with Crippen LogP contribution in [-0.2, 0) is 0 Å². The number of pyridine rings is 1. The van der Waals surface area contributed by atoms with Crippen molar-refractivity contribution >= 4 is 11.8 Å². The van der Waals surface area contributed by atoms with Gasteiger partial charge in [-0.2, -0.15) is 0 Å². The first kappa shape index (κ1) is 12.4. The molecule has 2 aromatic rings. The molecule has 1 aromatic heterocycles. The fourth-order valence-corrected chi connectivity index (χ4v) is 1.89. The molecular formula is C16H18N2. The Balaban J connectivity index is 2.43. The standard InChI is InChI=1S/C16H18N2/c1-13-11-14(9-10-17-13)12-16(18(2)3)15-7-5-4-6-8-15/h4-12H,1-3H3. The number of aromatic nitrogens is 1. The fraction of sp³-hybridized carbons (Fsp3) is 0.188. The van der Waals surface area contributed by atoms with Crippen molar-refractivity contribution in [3.63, 3.8) is 0 Å². The number of hydrogen-bond acceptors (Lipinski definition) is 2. The third-order valence-electron chi connectivity index (χ3n) is 2.78. The van der Waals surface area contributed by atoms with Crippen molar-refractivity contribution in [1.29, 1.82) is 0 Å². The molecule has 0 aliphatic rings. The Morgan fingerprint density at radius 3 is 2.44 bits per heavy atom. The molecule has 92 valence electrons. The molecule has 2 nitrogen and oxygen atoms in total. The van der Waals surface area contributed by atoms with Gasteiger partial charge in [0, 0.05) is 31.7 Å². The van der Waals surface area contributed by atoms with Crippen LogP contribution in [-0.4, -0.2) is 24.0 Å². The summed E-state index contributed by atoms with van der Waals surface area (Å²) in [5.41, 5.74) is 4.63. The van der Waals surface area contributed by atoms with Gasteiger partial charge in [-0.05, 0) is 36.3 Å². The Morgan fingerprint density at radius 1 is 1.11 bits per heavy atom. The lowest BCUT2D eigenvalue weighted by Gasteiger charge is -2.17. The zero-order valence-corrected chi connectivity index (χ0v) is 11.1. The third kappa shape index (κ3) is 2.98. The molecule has 0 saturated heterocycles. The zero-order valence-electron chi connectivity index (χ0n) is 11.1. The van der Waals surface area contributed by atoms with Crippen molar-refractivity contribution in [1.82, 2.24) is 9.88 Å². The highest BCUT2D eigenvalue weighted by Gasteiger charge is 2.03. The minimum absolute atomic E-state index is 1.04. The van der Waals surface area contributed by atoms with Gasteiger partial charge in [0.15, 0.2) is 0 Å². The molecular weight excluding hydrogens is 220 g/mol. The van der Waals surface area contributed by atoms with Crippen molar-refractivity contribution in [2.45, 2.75) is 6.92 Å². The number of hydrogen-bond donors (Lipinski definition) is 0. The number of rotatable bonds is 3. The first-order valence-corrected chi connectivity index (χ1v) is 6.04. The van der Waals surface area contributed by atoms with E-state index in [2.05, 4.69) is 60.4 Å². The van der Waals surface area contributed by atoms with Crippen LogP contribution >= 0.6 is 0 Å². The summed E-state index contributed by atoms with van der Waals surface area (Å²) in [4.78, 5) is 6.35. The second-order valence-corrected chi connectivity index (χ2v) is 4.52. The Morgan fingerprint density at radius 2 is 1.83 bits per heavy atom. The summed E-state index contributed by atoms with van der Waals surface area (Å²) in [7, 11) is 4.12. The maximum absolute atomic E-state index is 4.22. The molecule has 0 fully saturated rings. The quantitative estimate of drug-likeness (QED) is 0.814. The molecule has 1 heterocycles. The SMILES string of the molecule is Cc1cc(C=C(c2ccccc2)N(C)C)ccn1. The van der Waals surface area contributed by atoms with Crippen molar-refractivity contribution in [2.24, 2.45) is 0 Å². The van der Waals surface area contributed by atoms with E-state index in [0.717, 1.165) is 5.69 Å². The second-order valence-electron chi connectivity index (χ2n) is 4.52. The summed E-state index contributed by atoms with van der Waals surface area (Å²) < 4.78 is 0. The van der Waals surface area contributed by atoms with E-state index in [0.29, 0.717) is 0 Å². The van der Waals surface area contributed by atoms with E-state index < -0.39 is 0 Å². The Hall–Kier alpha value is -2.09. The molecule has 2 rings (SSSR count). The Bertz CT molecular complexity index is 542. The van der Waals surface area contributed by atoms with Crippen molar-refractivity contribution in [2.75, 3.05) is 14.1 Å². The summed E-state index contributed by atoms with van der Waals surface area (Å²) in [6.07, 6.45) is 4.03. The molecule has 0 aliphatic carbocycles. The number of benzene rings is 1. The molecule has 0 radical (unpaired) electrons. The highest BCUT2D eigenvalue weighted by molar-refractivity contribution is 5.80. The molecule has 0 atom stereocenters. The highest BCUT2D eigenvalue weighted by Crippen LogP contribution is 2.19. The minimum atomic E-state index is 1.04. The average Bonchev–Trinajstić information content (AvgIpc) is 2.37. The summed E-state index contributed by atoms with van der Waals surface area (Å²) in [6, 6.07) is 14.5. The second kappa shape index (κ2) is 5.50. The van der Waals surface area contributed by atoms with Gasteiger partial charge in [0.05, 0.1) is 0 Å². The van der Waals surface area contributed by atoms with Crippen LogP contribution in [0.3, 0.4) is 0 Å². The molecule has 0 amide bonds. The maximum Gasteiger partial charge on any atom is 0.0440 e. The largest absolute Gasteiger partial charge is 0.377 e. The van der Waals surface area contributed by atoms with Crippen LogP contribution in [0.5, 0.6) is 0 Å². The predicted octanol–water partition coefficient (Wildman–Crippen LogP) is 3.45. The molecule has 18 heavy (non-hydrogen) atoms. The molecule has 0 bridgehead atoms. The van der Waals surface area contributed by atoms with Gasteiger partial charge >= 0.3 is 0 Å². The molecule has 0 spiro atoms. The van der Waals surface area contributed by atoms with Crippen molar-refractivity contribution in [3.05, 3.63) is 65.5 Å². The topological polar surface area (TPSA) is 16.1 Å². The smallest absolute Gasteiger partial charge is 0.0440 e. The molecule has 0 saturated carbocycles. The van der Waals surface area contributed by atoms with Gasteiger partial charge in [0.25, 0.3) is 0 Å². The van der Waals surface area contributed by atoms with E-state index in [-0.39, 0.29) is 0 Å². The van der Waals surface area contributed by atoms with Gasteiger partial charge in [-0.1, -0.05) is 30.3 Å². The van der Waals surface area contributed by atoms with Crippen LogP contribution < -0.4 is 0 Å². The van der Waals surface area contributed by atoms with E-state index in [1.165, 1.54) is 16.8 Å². The van der Waals surface area contributed by atoms with E-state index >= 15 is 0 Å². The molecule has 1 aromatic carbocycles. The number of nitrogens with zero attached hydrogens (tertiary/aromatic N) is 2. The lowest BCUT2D eigenvalue weighted by Crippen LogP contribution is -2.09. The summed E-state index contributed by atoms with van der Waals surface area (Å²) >= 11 is 0. The monoisotopic (exact) mass is 238 g/mol. The molecule has 0 unspecified atom stereocenters. The first-order chi connectivity index (χ1) is 8.66. The zero-order chi connectivity index (χ0) is 13.0. The minimum Gasteiger partial charge on any atom is -0.377 e. The van der Waals surface area contributed by atoms with Gasteiger partial charge in [0.2, 0.25) is 0 Å². The fourth-order valence-electron chi connectivity index (χ4n) is 1.89. The number of aryl methyl sites for hydroxylation is 1. The van der Waals surface area contributed by atoms with Crippen LogP contribution in [0.15, 0.2) is 48.7 Å². The average molecular weight is 238 g/mol. The van der Waals surface area contributed by atoms with Gasteiger partial charge in [-0.25, -0.2) is 0 Å². The van der Waals surface area contributed by atoms with E-state index in [1.807, 2.05) is 25.3 Å². The van der Waals surface area contributed by atoms with E-state index in [4.69, 9.17) is 0 Å². The lowest BCUT2D eigenvalue weighted by molar-refractivity contribution is 0.595. The molecule has 2 heteroatoms. The van der Waals surface area contributed by atoms with Crippen LogP contribution in [0.2, 0.25) is 0 Å². The Labute approximate surface area is 109 Å². The van der Waals surface area contributed by atoms with Gasteiger partial charge in [0.1, 0.15) is 0 Å². The summed E-state index contributed by atoms with van der Waals surface area (Å²) in [5, 5.41) is 0. The predicted molar refractivity (Wildman–Crippen MR) is 77.0 cm³/mol. The summed E-state index contributed by atoms with van der Waals surface area (Å²) in [6.45, 7) is 2.01. The lowest BCUT2D eigenvalue weighted by atomic mass is 10.1. The molecule has 0 N–H and O–H groups in total. The molecule has 0 aliphatic heterocycles. The third-order valence-corrected chi connectivity index (χ3v) is 2.78. The van der Waals surface area contributed by atoms with Crippen molar-refractivity contribution < 1.29 is 0 Å². The maximum atomic E-state index is 4.22. The first-order valence-electron chi connectivity index (χ1n) is 6.04. The van der Waals surface area contributed by atoms with Gasteiger partial charge < -0.3 is 4.90 Å².